The van der Waals surface area contributed by atoms with Gasteiger partial charge in [0.05, 0.1) is 5.76 Å². The highest BCUT2D eigenvalue weighted by Gasteiger charge is 2.35. The third-order valence-corrected chi connectivity index (χ3v) is 4.96. The number of ketones is 1. The van der Waals surface area contributed by atoms with Crippen LogP contribution < -0.4 is 0 Å². The van der Waals surface area contributed by atoms with Crippen molar-refractivity contribution >= 4 is 5.78 Å². The average molecular weight is 386 g/mol. The van der Waals surface area contributed by atoms with Gasteiger partial charge in [0.1, 0.15) is 11.5 Å². The first-order valence-corrected chi connectivity index (χ1v) is 9.30. The van der Waals surface area contributed by atoms with Gasteiger partial charge in [-0.05, 0) is 62.1 Å². The molecule has 5 nitrogen and oxygen atoms in total. The minimum absolute atomic E-state index is 0. The van der Waals surface area contributed by atoms with Crippen molar-refractivity contribution in [2.24, 2.45) is 0 Å². The normalized spacial score (nSPS) is 15.6. The quantitative estimate of drug-likeness (QED) is 0.530. The van der Waals surface area contributed by atoms with Crippen molar-refractivity contribution in [1.82, 2.24) is 0 Å². The Morgan fingerprint density at radius 1 is 0.821 bits per heavy atom. The highest BCUT2D eigenvalue weighted by molar-refractivity contribution is 5.87. The number of rotatable bonds is 3. The number of phenolic OH excluding ortho intramolecular Hbond substituents is 2. The third-order valence-electron chi connectivity index (χ3n) is 4.96. The van der Waals surface area contributed by atoms with Crippen LogP contribution in [0.5, 0.6) is 11.5 Å². The number of allylic oxidation sites excluding steroid dienone is 2. The topological polar surface area (TPSA) is 109 Å². The van der Waals surface area contributed by atoms with Gasteiger partial charge < -0.3 is 20.8 Å². The minimum atomic E-state index is -0.125. The Bertz CT molecular complexity index is 718. The molecule has 0 saturated heterocycles. The molecule has 1 fully saturated rings. The molecule has 0 amide bonds. The van der Waals surface area contributed by atoms with Gasteiger partial charge in [0.2, 0.25) is 0 Å². The fourth-order valence-corrected chi connectivity index (χ4v) is 3.75. The number of carbonyl (C=O) groups excluding carboxylic acids is 1. The molecular formula is C23H30O5. The lowest BCUT2D eigenvalue weighted by Crippen LogP contribution is -2.30. The van der Waals surface area contributed by atoms with Gasteiger partial charge in [-0.25, -0.2) is 0 Å². The van der Waals surface area contributed by atoms with Gasteiger partial charge in [0.15, 0.2) is 5.78 Å². The number of aromatic hydroxyl groups is 2. The Kier molecular flexibility index (Phi) is 8.74. The van der Waals surface area contributed by atoms with Gasteiger partial charge in [0, 0.05) is 11.5 Å². The predicted molar refractivity (Wildman–Crippen MR) is 111 cm³/mol. The maximum atomic E-state index is 10.0. The Balaban J connectivity index is 0.000000425. The van der Waals surface area contributed by atoms with E-state index in [1.807, 2.05) is 24.3 Å². The molecule has 5 heteroatoms. The smallest absolute Gasteiger partial charge is 0.155 e. The van der Waals surface area contributed by atoms with Crippen molar-refractivity contribution in [1.29, 1.82) is 0 Å². The molecule has 1 aliphatic rings. The fraction of sp³-hybridized carbons (Fsp3) is 0.348. The zero-order valence-corrected chi connectivity index (χ0v) is 16.5. The first kappa shape index (κ1) is 23.2. The minimum Gasteiger partial charge on any atom is -0.512 e. The molecule has 0 aromatic heterocycles. The molecule has 0 heterocycles. The molecule has 2 aromatic rings. The molecular weight excluding hydrogens is 356 g/mol. The number of benzene rings is 2. The van der Waals surface area contributed by atoms with Crippen molar-refractivity contribution in [3.05, 3.63) is 71.5 Å². The number of carbonyl (C=O) groups is 1. The molecule has 0 atom stereocenters. The number of phenols is 2. The van der Waals surface area contributed by atoms with Crippen molar-refractivity contribution in [3.63, 3.8) is 0 Å². The SMILES string of the molecule is CC(=O)/C=C(/C)O.O.Oc1ccc(C2(c3ccc(O)cc3)CCCCC2)cc1. The molecule has 3 rings (SSSR count). The molecule has 0 bridgehead atoms. The summed E-state index contributed by atoms with van der Waals surface area (Å²) in [4.78, 5) is 10.0. The summed E-state index contributed by atoms with van der Waals surface area (Å²) in [5, 5.41) is 27.4. The molecule has 2 aromatic carbocycles. The van der Waals surface area contributed by atoms with E-state index in [9.17, 15) is 15.0 Å². The van der Waals surface area contributed by atoms with Gasteiger partial charge in [-0.2, -0.15) is 0 Å². The Hall–Kier alpha value is -2.79. The van der Waals surface area contributed by atoms with E-state index in [4.69, 9.17) is 5.11 Å². The molecule has 0 spiro atoms. The monoisotopic (exact) mass is 386 g/mol. The van der Waals surface area contributed by atoms with Crippen LogP contribution in [-0.2, 0) is 10.2 Å². The largest absolute Gasteiger partial charge is 0.512 e. The first-order chi connectivity index (χ1) is 12.8. The second-order valence-electron chi connectivity index (χ2n) is 7.13. The second kappa shape index (κ2) is 10.5. The summed E-state index contributed by atoms with van der Waals surface area (Å²) in [5.41, 5.74) is 2.56. The lowest BCUT2D eigenvalue weighted by Gasteiger charge is -2.38. The van der Waals surface area contributed by atoms with E-state index < -0.39 is 0 Å². The van der Waals surface area contributed by atoms with E-state index in [-0.39, 0.29) is 22.4 Å². The summed E-state index contributed by atoms with van der Waals surface area (Å²) < 4.78 is 0. The van der Waals surface area contributed by atoms with Crippen LogP contribution in [0.3, 0.4) is 0 Å². The first-order valence-electron chi connectivity index (χ1n) is 9.30. The van der Waals surface area contributed by atoms with Crippen LogP contribution in [0.25, 0.3) is 0 Å². The lowest BCUT2D eigenvalue weighted by molar-refractivity contribution is -0.112. The highest BCUT2D eigenvalue weighted by Crippen LogP contribution is 2.45. The summed E-state index contributed by atoms with van der Waals surface area (Å²) in [5.74, 6) is 0.559. The van der Waals surface area contributed by atoms with Crippen molar-refractivity contribution in [2.75, 3.05) is 0 Å². The number of aliphatic hydroxyl groups is 1. The van der Waals surface area contributed by atoms with Crippen LogP contribution in [-0.4, -0.2) is 26.6 Å². The van der Waals surface area contributed by atoms with Crippen molar-refractivity contribution in [3.8, 4) is 11.5 Å². The van der Waals surface area contributed by atoms with Crippen LogP contribution in [0.2, 0.25) is 0 Å². The second-order valence-corrected chi connectivity index (χ2v) is 7.13. The molecule has 1 aliphatic carbocycles. The van der Waals surface area contributed by atoms with Gasteiger partial charge in [0.25, 0.3) is 0 Å². The molecule has 1 saturated carbocycles. The predicted octanol–water partition coefficient (Wildman–Crippen LogP) is 4.56. The van der Waals surface area contributed by atoms with Crippen molar-refractivity contribution < 1.29 is 25.6 Å². The van der Waals surface area contributed by atoms with Gasteiger partial charge >= 0.3 is 0 Å². The maximum absolute atomic E-state index is 10.0. The van der Waals surface area contributed by atoms with E-state index in [0.717, 1.165) is 12.8 Å². The lowest BCUT2D eigenvalue weighted by atomic mass is 9.65. The molecule has 5 N–H and O–H groups in total. The van der Waals surface area contributed by atoms with Gasteiger partial charge in [-0.1, -0.05) is 43.5 Å². The van der Waals surface area contributed by atoms with E-state index in [2.05, 4.69) is 0 Å². The number of aliphatic hydroxyl groups excluding tert-OH is 1. The van der Waals surface area contributed by atoms with Crippen LogP contribution in [0.15, 0.2) is 60.4 Å². The molecule has 0 radical (unpaired) electrons. The number of hydrogen-bond donors (Lipinski definition) is 3. The zero-order chi connectivity index (χ0) is 19.9. The standard InChI is InChI=1S/C18H20O2.C5H8O2.H2O/c19-16-8-4-14(5-9-16)18(12-2-1-3-13-18)15-6-10-17(20)11-7-15;1-4(6)3-5(2)7;/h4-11,19-20H,1-3,12-13H2;3,6H,1-2H3;1H2/b;4-3-;. The third kappa shape index (κ3) is 6.13. The van der Waals surface area contributed by atoms with E-state index in [1.165, 1.54) is 50.3 Å². The van der Waals surface area contributed by atoms with Crippen LogP contribution in [0.1, 0.15) is 57.1 Å². The summed E-state index contributed by atoms with van der Waals surface area (Å²) in [6.07, 6.45) is 7.16. The molecule has 0 unspecified atom stereocenters. The van der Waals surface area contributed by atoms with E-state index in [0.29, 0.717) is 11.5 Å². The van der Waals surface area contributed by atoms with Crippen LogP contribution >= 0.6 is 0 Å². The molecule has 152 valence electrons. The fourth-order valence-electron chi connectivity index (χ4n) is 3.75. The Morgan fingerprint density at radius 3 is 1.50 bits per heavy atom. The van der Waals surface area contributed by atoms with Crippen LogP contribution in [0, 0.1) is 0 Å². The van der Waals surface area contributed by atoms with Gasteiger partial charge in [-0.3, -0.25) is 4.79 Å². The van der Waals surface area contributed by atoms with Gasteiger partial charge in [-0.15, -0.1) is 0 Å². The summed E-state index contributed by atoms with van der Waals surface area (Å²) in [6.45, 7) is 2.85. The van der Waals surface area contributed by atoms with E-state index in [1.54, 1.807) is 24.3 Å². The van der Waals surface area contributed by atoms with E-state index >= 15 is 0 Å². The number of hydrogen-bond acceptors (Lipinski definition) is 4. The summed E-state index contributed by atoms with van der Waals surface area (Å²) >= 11 is 0. The maximum Gasteiger partial charge on any atom is 0.155 e. The van der Waals surface area contributed by atoms with Crippen molar-refractivity contribution in [2.45, 2.75) is 51.4 Å². The zero-order valence-electron chi connectivity index (χ0n) is 16.5. The highest BCUT2D eigenvalue weighted by atomic mass is 16.3. The molecule has 0 aliphatic heterocycles. The Morgan fingerprint density at radius 2 is 1.21 bits per heavy atom. The molecule has 28 heavy (non-hydrogen) atoms. The summed E-state index contributed by atoms with van der Waals surface area (Å²) in [7, 11) is 0. The average Bonchev–Trinajstić information content (AvgIpc) is 2.63. The van der Waals surface area contributed by atoms with Crippen LogP contribution in [0.4, 0.5) is 0 Å². The summed E-state index contributed by atoms with van der Waals surface area (Å²) in [6, 6.07) is 15.2. The Labute approximate surface area is 166 Å².